The van der Waals surface area contributed by atoms with E-state index in [2.05, 4.69) is 39.8 Å². The van der Waals surface area contributed by atoms with Crippen molar-refractivity contribution in [2.75, 3.05) is 6.61 Å². The predicted octanol–water partition coefficient (Wildman–Crippen LogP) is 4.71. The highest BCUT2D eigenvalue weighted by Crippen LogP contribution is 2.18. The number of aryl methyl sites for hydroxylation is 2. The first-order valence-corrected chi connectivity index (χ1v) is 7.91. The Bertz CT molecular complexity index is 387. The summed E-state index contributed by atoms with van der Waals surface area (Å²) in [4.78, 5) is 0. The Morgan fingerprint density at radius 3 is 2.50 bits per heavy atom. The first-order valence-electron chi connectivity index (χ1n) is 7.91. The lowest BCUT2D eigenvalue weighted by molar-refractivity contribution is -0.00653. The van der Waals surface area contributed by atoms with Gasteiger partial charge in [0.15, 0.2) is 0 Å². The van der Waals surface area contributed by atoms with Crippen molar-refractivity contribution in [2.45, 2.75) is 72.0 Å². The van der Waals surface area contributed by atoms with Gasteiger partial charge in [-0.15, -0.1) is 0 Å². The maximum absolute atomic E-state index is 10.2. The Morgan fingerprint density at radius 2 is 1.85 bits per heavy atom. The minimum atomic E-state index is -0.521. The van der Waals surface area contributed by atoms with E-state index in [-0.39, 0.29) is 6.10 Å². The van der Waals surface area contributed by atoms with Crippen LogP contribution in [0, 0.1) is 13.8 Å². The molecule has 0 spiro atoms. The standard InChI is InChI=1S/C18H30O2/c1-5-6-7-8-9-16(4)20-13-18(19)17-11-10-14(2)15(3)12-17/h10-12,16,18-19H,5-9,13H2,1-4H3. The Morgan fingerprint density at radius 1 is 1.10 bits per heavy atom. The molecule has 0 heterocycles. The average molecular weight is 278 g/mol. The van der Waals surface area contributed by atoms with Crippen LogP contribution in [-0.2, 0) is 4.74 Å². The van der Waals surface area contributed by atoms with Crippen LogP contribution in [0.5, 0.6) is 0 Å². The molecule has 1 rings (SSSR count). The summed E-state index contributed by atoms with van der Waals surface area (Å²) in [6, 6.07) is 6.10. The molecule has 1 aromatic carbocycles. The smallest absolute Gasteiger partial charge is 0.102 e. The highest BCUT2D eigenvalue weighted by atomic mass is 16.5. The number of aliphatic hydroxyl groups excluding tert-OH is 1. The number of aliphatic hydroxyl groups is 1. The van der Waals surface area contributed by atoms with Crippen molar-refractivity contribution < 1.29 is 9.84 Å². The molecular weight excluding hydrogens is 248 g/mol. The third kappa shape index (κ3) is 6.06. The number of hydrogen-bond acceptors (Lipinski definition) is 2. The van der Waals surface area contributed by atoms with Gasteiger partial charge in [0.2, 0.25) is 0 Å². The zero-order chi connectivity index (χ0) is 15.0. The molecule has 0 saturated heterocycles. The molecule has 114 valence electrons. The summed E-state index contributed by atoms with van der Waals surface area (Å²) in [5, 5.41) is 10.2. The maximum atomic E-state index is 10.2. The van der Waals surface area contributed by atoms with Crippen LogP contribution in [0.2, 0.25) is 0 Å². The molecule has 2 unspecified atom stereocenters. The highest BCUT2D eigenvalue weighted by Gasteiger charge is 2.11. The van der Waals surface area contributed by atoms with Gasteiger partial charge in [0.1, 0.15) is 6.10 Å². The van der Waals surface area contributed by atoms with Gasteiger partial charge in [0, 0.05) is 0 Å². The lowest BCUT2D eigenvalue weighted by Gasteiger charge is -2.17. The van der Waals surface area contributed by atoms with E-state index < -0.39 is 6.10 Å². The minimum Gasteiger partial charge on any atom is -0.386 e. The van der Waals surface area contributed by atoms with Gasteiger partial charge in [0.05, 0.1) is 12.7 Å². The Balaban J connectivity index is 2.31. The summed E-state index contributed by atoms with van der Waals surface area (Å²) in [7, 11) is 0. The van der Waals surface area contributed by atoms with Crippen LogP contribution in [0.1, 0.15) is 68.7 Å². The molecule has 2 heteroatoms. The van der Waals surface area contributed by atoms with Gasteiger partial charge in [-0.25, -0.2) is 0 Å². The normalized spacial score (nSPS) is 14.2. The molecule has 2 nitrogen and oxygen atoms in total. The van der Waals surface area contributed by atoms with E-state index in [0.717, 1.165) is 12.0 Å². The topological polar surface area (TPSA) is 29.5 Å². The van der Waals surface area contributed by atoms with Gasteiger partial charge in [-0.2, -0.15) is 0 Å². The van der Waals surface area contributed by atoms with Crippen molar-refractivity contribution in [3.05, 3.63) is 34.9 Å². The molecule has 0 amide bonds. The molecule has 0 radical (unpaired) electrons. The van der Waals surface area contributed by atoms with Crippen LogP contribution in [0.25, 0.3) is 0 Å². The SMILES string of the molecule is CCCCCCC(C)OCC(O)c1ccc(C)c(C)c1. The van der Waals surface area contributed by atoms with Crippen LogP contribution in [0.3, 0.4) is 0 Å². The van der Waals surface area contributed by atoms with Crippen LogP contribution in [-0.4, -0.2) is 17.8 Å². The number of unbranched alkanes of at least 4 members (excludes halogenated alkanes) is 3. The molecule has 1 aromatic rings. The molecular formula is C18H30O2. The fourth-order valence-electron chi connectivity index (χ4n) is 2.27. The van der Waals surface area contributed by atoms with Crippen LogP contribution < -0.4 is 0 Å². The summed E-state index contributed by atoms with van der Waals surface area (Å²) in [5.74, 6) is 0. The summed E-state index contributed by atoms with van der Waals surface area (Å²) in [6.07, 6.45) is 5.86. The second-order valence-corrected chi connectivity index (χ2v) is 5.85. The monoisotopic (exact) mass is 278 g/mol. The van der Waals surface area contributed by atoms with E-state index in [4.69, 9.17) is 4.74 Å². The van der Waals surface area contributed by atoms with Gasteiger partial charge in [-0.05, 0) is 43.9 Å². The van der Waals surface area contributed by atoms with E-state index in [1.54, 1.807) is 0 Å². The summed E-state index contributed by atoms with van der Waals surface area (Å²) < 4.78 is 5.76. The van der Waals surface area contributed by atoms with Crippen LogP contribution >= 0.6 is 0 Å². The minimum absolute atomic E-state index is 0.230. The van der Waals surface area contributed by atoms with Crippen molar-refractivity contribution >= 4 is 0 Å². The van der Waals surface area contributed by atoms with Gasteiger partial charge in [-0.3, -0.25) is 0 Å². The Kier molecular flexibility index (Phi) is 7.86. The first kappa shape index (κ1) is 17.2. The molecule has 0 bridgehead atoms. The number of rotatable bonds is 9. The molecule has 1 N–H and O–H groups in total. The van der Waals surface area contributed by atoms with Crippen molar-refractivity contribution in [1.29, 1.82) is 0 Å². The maximum Gasteiger partial charge on any atom is 0.102 e. The van der Waals surface area contributed by atoms with Crippen molar-refractivity contribution in [1.82, 2.24) is 0 Å². The summed E-state index contributed by atoms with van der Waals surface area (Å²) in [6.45, 7) is 8.86. The molecule has 2 atom stereocenters. The van der Waals surface area contributed by atoms with Crippen molar-refractivity contribution in [3.8, 4) is 0 Å². The predicted molar refractivity (Wildman–Crippen MR) is 85.0 cm³/mol. The van der Waals surface area contributed by atoms with Gasteiger partial charge < -0.3 is 9.84 Å². The molecule has 20 heavy (non-hydrogen) atoms. The Labute approximate surface area is 124 Å². The van der Waals surface area contributed by atoms with E-state index >= 15 is 0 Å². The largest absolute Gasteiger partial charge is 0.386 e. The van der Waals surface area contributed by atoms with E-state index in [1.807, 2.05) is 6.07 Å². The second kappa shape index (κ2) is 9.15. The third-order valence-corrected chi connectivity index (χ3v) is 3.92. The van der Waals surface area contributed by atoms with E-state index in [1.165, 1.54) is 36.8 Å². The quantitative estimate of drug-likeness (QED) is 0.663. The fraction of sp³-hybridized carbons (Fsp3) is 0.667. The van der Waals surface area contributed by atoms with Gasteiger partial charge in [0.25, 0.3) is 0 Å². The van der Waals surface area contributed by atoms with Gasteiger partial charge >= 0.3 is 0 Å². The first-order chi connectivity index (χ1) is 9.54. The van der Waals surface area contributed by atoms with Crippen molar-refractivity contribution in [2.24, 2.45) is 0 Å². The van der Waals surface area contributed by atoms with Crippen LogP contribution in [0.4, 0.5) is 0 Å². The van der Waals surface area contributed by atoms with Crippen LogP contribution in [0.15, 0.2) is 18.2 Å². The lowest BCUT2D eigenvalue weighted by Crippen LogP contribution is -2.14. The van der Waals surface area contributed by atoms with Gasteiger partial charge in [-0.1, -0.05) is 50.8 Å². The fourth-order valence-corrected chi connectivity index (χ4v) is 2.27. The zero-order valence-corrected chi connectivity index (χ0v) is 13.5. The van der Waals surface area contributed by atoms with Crippen molar-refractivity contribution in [3.63, 3.8) is 0 Å². The molecule has 0 saturated carbocycles. The molecule has 0 aliphatic rings. The third-order valence-electron chi connectivity index (χ3n) is 3.92. The highest BCUT2D eigenvalue weighted by molar-refractivity contribution is 5.31. The number of benzene rings is 1. The van der Waals surface area contributed by atoms with E-state index in [0.29, 0.717) is 6.61 Å². The molecule has 0 aliphatic heterocycles. The lowest BCUT2D eigenvalue weighted by atomic mass is 10.0. The second-order valence-electron chi connectivity index (χ2n) is 5.85. The summed E-state index contributed by atoms with van der Waals surface area (Å²) >= 11 is 0. The molecule has 0 fully saturated rings. The summed E-state index contributed by atoms with van der Waals surface area (Å²) in [5.41, 5.74) is 3.42. The number of hydrogen-bond donors (Lipinski definition) is 1. The molecule has 0 aromatic heterocycles. The average Bonchev–Trinajstić information content (AvgIpc) is 2.44. The van der Waals surface area contributed by atoms with E-state index in [9.17, 15) is 5.11 Å². The molecule has 0 aliphatic carbocycles. The number of ether oxygens (including phenoxy) is 1. The Hall–Kier alpha value is -0.860. The zero-order valence-electron chi connectivity index (χ0n) is 13.5.